The number of hydrogen-bond acceptors (Lipinski definition) is 3. The van der Waals surface area contributed by atoms with Crippen molar-refractivity contribution in [3.63, 3.8) is 0 Å². The molecule has 0 bridgehead atoms. The minimum atomic E-state index is -0.704. The third kappa shape index (κ3) is 7.59. The van der Waals surface area contributed by atoms with Crippen LogP contribution in [-0.2, 0) is 11.3 Å². The van der Waals surface area contributed by atoms with Crippen molar-refractivity contribution in [3.05, 3.63) is 35.9 Å². The molecule has 0 saturated carbocycles. The maximum atomic E-state index is 10.5. The lowest BCUT2D eigenvalue weighted by Crippen LogP contribution is -2.31. The van der Waals surface area contributed by atoms with Gasteiger partial charge in [0.2, 0.25) is 0 Å². The van der Waals surface area contributed by atoms with E-state index in [9.17, 15) is 4.79 Å². The Hall–Kier alpha value is -1.39. The van der Waals surface area contributed by atoms with Gasteiger partial charge in [0.05, 0.1) is 0 Å². The van der Waals surface area contributed by atoms with Gasteiger partial charge in [-0.05, 0) is 32.0 Å². The number of nitrogens with zero attached hydrogens (tertiary/aromatic N) is 1. The highest BCUT2D eigenvalue weighted by Crippen LogP contribution is 2.06. The number of nitrogens with one attached hydrogen (secondary N) is 1. The number of likely N-dealkylation sites (N-methyl/N-ethyl adjacent to an activating group) is 1. The SMILES string of the molecule is CNCCN(CCCCC(=O)O)Cc1ccccc1. The predicted molar refractivity (Wildman–Crippen MR) is 77.1 cm³/mol. The Balaban J connectivity index is 2.36. The van der Waals surface area contributed by atoms with Crippen LogP contribution >= 0.6 is 0 Å². The quantitative estimate of drug-likeness (QED) is 0.634. The first-order valence-electron chi connectivity index (χ1n) is 6.85. The van der Waals surface area contributed by atoms with Crippen molar-refractivity contribution >= 4 is 5.97 Å². The van der Waals surface area contributed by atoms with Crippen molar-refractivity contribution in [1.82, 2.24) is 10.2 Å². The molecule has 106 valence electrons. The van der Waals surface area contributed by atoms with Crippen LogP contribution in [0, 0.1) is 0 Å². The number of carboxylic acid groups (broad SMARTS) is 1. The summed E-state index contributed by atoms with van der Waals surface area (Å²) in [6.07, 6.45) is 1.95. The minimum Gasteiger partial charge on any atom is -0.481 e. The molecule has 0 aromatic heterocycles. The van der Waals surface area contributed by atoms with Crippen LogP contribution in [0.2, 0.25) is 0 Å². The molecule has 4 heteroatoms. The molecule has 0 amide bonds. The van der Waals surface area contributed by atoms with Crippen LogP contribution in [0.5, 0.6) is 0 Å². The van der Waals surface area contributed by atoms with Gasteiger partial charge in [0.1, 0.15) is 0 Å². The molecule has 0 spiro atoms. The monoisotopic (exact) mass is 264 g/mol. The summed E-state index contributed by atoms with van der Waals surface area (Å²) in [7, 11) is 1.95. The Morgan fingerprint density at radius 1 is 1.21 bits per heavy atom. The summed E-state index contributed by atoms with van der Waals surface area (Å²) in [5.41, 5.74) is 1.30. The van der Waals surface area contributed by atoms with Crippen LogP contribution in [0.15, 0.2) is 30.3 Å². The number of hydrogen-bond donors (Lipinski definition) is 2. The molecule has 0 radical (unpaired) electrons. The van der Waals surface area contributed by atoms with E-state index in [1.807, 2.05) is 13.1 Å². The van der Waals surface area contributed by atoms with Gasteiger partial charge in [-0.3, -0.25) is 9.69 Å². The summed E-state index contributed by atoms with van der Waals surface area (Å²) in [6.45, 7) is 3.81. The third-order valence-electron chi connectivity index (χ3n) is 3.04. The molecule has 0 atom stereocenters. The van der Waals surface area contributed by atoms with Crippen LogP contribution in [0.25, 0.3) is 0 Å². The van der Waals surface area contributed by atoms with E-state index in [-0.39, 0.29) is 6.42 Å². The fraction of sp³-hybridized carbons (Fsp3) is 0.533. The second-order valence-corrected chi connectivity index (χ2v) is 4.72. The fourth-order valence-corrected chi connectivity index (χ4v) is 1.99. The first kappa shape index (κ1) is 15.7. The van der Waals surface area contributed by atoms with Gasteiger partial charge in [0.25, 0.3) is 0 Å². The van der Waals surface area contributed by atoms with E-state index in [1.165, 1.54) is 5.56 Å². The highest BCUT2D eigenvalue weighted by molar-refractivity contribution is 5.66. The molecule has 0 unspecified atom stereocenters. The van der Waals surface area contributed by atoms with Gasteiger partial charge < -0.3 is 10.4 Å². The Bertz CT molecular complexity index is 354. The third-order valence-corrected chi connectivity index (χ3v) is 3.04. The van der Waals surface area contributed by atoms with E-state index >= 15 is 0 Å². The molecule has 4 nitrogen and oxygen atoms in total. The smallest absolute Gasteiger partial charge is 0.303 e. The van der Waals surface area contributed by atoms with E-state index in [2.05, 4.69) is 34.5 Å². The summed E-state index contributed by atoms with van der Waals surface area (Å²) < 4.78 is 0. The van der Waals surface area contributed by atoms with Gasteiger partial charge in [-0.2, -0.15) is 0 Å². The van der Waals surface area contributed by atoms with E-state index in [1.54, 1.807) is 0 Å². The van der Waals surface area contributed by atoms with Crippen LogP contribution in [-0.4, -0.2) is 42.7 Å². The Kier molecular flexibility index (Phi) is 7.86. The van der Waals surface area contributed by atoms with Gasteiger partial charge >= 0.3 is 5.97 Å². The van der Waals surface area contributed by atoms with Crippen LogP contribution in [0.1, 0.15) is 24.8 Å². The molecule has 1 rings (SSSR count). The lowest BCUT2D eigenvalue weighted by Gasteiger charge is -2.22. The highest BCUT2D eigenvalue weighted by atomic mass is 16.4. The van der Waals surface area contributed by atoms with Gasteiger partial charge in [0, 0.05) is 26.1 Å². The van der Waals surface area contributed by atoms with Crippen molar-refractivity contribution in [3.8, 4) is 0 Å². The minimum absolute atomic E-state index is 0.269. The van der Waals surface area contributed by atoms with Gasteiger partial charge in [-0.1, -0.05) is 30.3 Å². The number of rotatable bonds is 10. The molecule has 1 aromatic carbocycles. The number of aliphatic carboxylic acids is 1. The predicted octanol–water partition coefficient (Wildman–Crippen LogP) is 1.96. The normalized spacial score (nSPS) is 10.8. The summed E-state index contributed by atoms with van der Waals surface area (Å²) in [5.74, 6) is -0.704. The fourth-order valence-electron chi connectivity index (χ4n) is 1.99. The van der Waals surface area contributed by atoms with Crippen molar-refractivity contribution in [2.24, 2.45) is 0 Å². The van der Waals surface area contributed by atoms with E-state index in [4.69, 9.17) is 5.11 Å². The first-order valence-corrected chi connectivity index (χ1v) is 6.85. The Morgan fingerprint density at radius 3 is 2.58 bits per heavy atom. The van der Waals surface area contributed by atoms with E-state index in [0.717, 1.165) is 39.0 Å². The molecule has 0 aliphatic heterocycles. The topological polar surface area (TPSA) is 52.6 Å². The van der Waals surface area contributed by atoms with Crippen molar-refractivity contribution in [2.75, 3.05) is 26.7 Å². The van der Waals surface area contributed by atoms with Gasteiger partial charge in [-0.25, -0.2) is 0 Å². The highest BCUT2D eigenvalue weighted by Gasteiger charge is 2.06. The molecule has 0 fully saturated rings. The van der Waals surface area contributed by atoms with E-state index < -0.39 is 5.97 Å². The van der Waals surface area contributed by atoms with Crippen molar-refractivity contribution in [1.29, 1.82) is 0 Å². The Labute approximate surface area is 115 Å². The van der Waals surface area contributed by atoms with Crippen LogP contribution in [0.3, 0.4) is 0 Å². The summed E-state index contributed by atoms with van der Waals surface area (Å²) in [5, 5.41) is 11.8. The molecule has 19 heavy (non-hydrogen) atoms. The zero-order valence-corrected chi connectivity index (χ0v) is 11.6. The molecular formula is C15H24N2O2. The zero-order chi connectivity index (χ0) is 13.9. The molecule has 0 aliphatic carbocycles. The maximum absolute atomic E-state index is 10.5. The molecule has 0 saturated heterocycles. The second-order valence-electron chi connectivity index (χ2n) is 4.72. The molecule has 1 aromatic rings. The maximum Gasteiger partial charge on any atom is 0.303 e. The molecular weight excluding hydrogens is 240 g/mol. The molecule has 2 N–H and O–H groups in total. The van der Waals surface area contributed by atoms with Gasteiger partial charge in [0.15, 0.2) is 0 Å². The van der Waals surface area contributed by atoms with Gasteiger partial charge in [-0.15, -0.1) is 0 Å². The number of benzene rings is 1. The van der Waals surface area contributed by atoms with Crippen molar-refractivity contribution in [2.45, 2.75) is 25.8 Å². The number of unbranched alkanes of at least 4 members (excludes halogenated alkanes) is 1. The Morgan fingerprint density at radius 2 is 1.95 bits per heavy atom. The largest absolute Gasteiger partial charge is 0.481 e. The summed E-state index contributed by atoms with van der Waals surface area (Å²) in [6, 6.07) is 10.4. The lowest BCUT2D eigenvalue weighted by molar-refractivity contribution is -0.137. The second kappa shape index (κ2) is 9.53. The average Bonchev–Trinajstić information content (AvgIpc) is 2.41. The summed E-state index contributed by atoms with van der Waals surface area (Å²) in [4.78, 5) is 12.9. The molecule has 0 aliphatic rings. The first-order chi connectivity index (χ1) is 9.22. The lowest BCUT2D eigenvalue weighted by atomic mass is 10.2. The van der Waals surface area contributed by atoms with Crippen molar-refractivity contribution < 1.29 is 9.90 Å². The zero-order valence-electron chi connectivity index (χ0n) is 11.6. The summed E-state index contributed by atoms with van der Waals surface area (Å²) >= 11 is 0. The van der Waals surface area contributed by atoms with Crippen LogP contribution < -0.4 is 5.32 Å². The standard InChI is InChI=1S/C15H24N2O2/c1-16-10-12-17(11-6-5-9-15(18)19)13-14-7-3-2-4-8-14/h2-4,7-8,16H,5-6,9-13H2,1H3,(H,18,19). The number of carboxylic acids is 1. The molecule has 0 heterocycles. The van der Waals surface area contributed by atoms with E-state index in [0.29, 0.717) is 0 Å². The average molecular weight is 264 g/mol. The number of carbonyl (C=O) groups is 1. The van der Waals surface area contributed by atoms with Crippen LogP contribution in [0.4, 0.5) is 0 Å².